The summed E-state index contributed by atoms with van der Waals surface area (Å²) >= 11 is 0. The number of likely N-dealkylation sites (N-methyl/N-ethyl adjacent to an activating group) is 1. The third kappa shape index (κ3) is 4.07. The summed E-state index contributed by atoms with van der Waals surface area (Å²) in [6.45, 7) is 4.66. The van der Waals surface area contributed by atoms with Crippen LogP contribution >= 0.6 is 0 Å². The molecular formula is C13H19NO3. The summed E-state index contributed by atoms with van der Waals surface area (Å²) in [5.74, 6) is -0.125. The van der Waals surface area contributed by atoms with Gasteiger partial charge in [-0.3, -0.25) is 4.79 Å². The fourth-order valence-corrected chi connectivity index (χ4v) is 1.57. The molecule has 1 rings (SSSR count). The van der Waals surface area contributed by atoms with E-state index in [4.69, 9.17) is 9.84 Å². The molecule has 0 fully saturated rings. The van der Waals surface area contributed by atoms with Crippen LogP contribution in [0.1, 0.15) is 19.4 Å². The van der Waals surface area contributed by atoms with Gasteiger partial charge in [-0.1, -0.05) is 32.0 Å². The van der Waals surface area contributed by atoms with Gasteiger partial charge in [0.15, 0.2) is 0 Å². The maximum absolute atomic E-state index is 10.9. The number of aliphatic carboxylic acids is 1. The lowest BCUT2D eigenvalue weighted by molar-refractivity contribution is -0.140. The first-order valence-corrected chi connectivity index (χ1v) is 5.85. The maximum atomic E-state index is 10.9. The topological polar surface area (TPSA) is 58.6 Å². The fraction of sp³-hybridized carbons (Fsp3) is 0.462. The van der Waals surface area contributed by atoms with E-state index in [-0.39, 0.29) is 6.61 Å². The van der Waals surface area contributed by atoms with Crippen molar-refractivity contribution < 1.29 is 14.6 Å². The van der Waals surface area contributed by atoms with E-state index < -0.39 is 12.0 Å². The molecule has 1 aromatic carbocycles. The summed E-state index contributed by atoms with van der Waals surface area (Å²) in [4.78, 5) is 10.9. The van der Waals surface area contributed by atoms with E-state index >= 15 is 0 Å². The van der Waals surface area contributed by atoms with Crippen LogP contribution in [0.2, 0.25) is 0 Å². The molecule has 0 aliphatic carbocycles. The van der Waals surface area contributed by atoms with Gasteiger partial charge in [0, 0.05) is 0 Å². The average Bonchev–Trinajstić information content (AvgIpc) is 2.34. The average molecular weight is 237 g/mol. The molecule has 17 heavy (non-hydrogen) atoms. The number of hydrogen-bond donors (Lipinski definition) is 2. The van der Waals surface area contributed by atoms with Crippen LogP contribution in [-0.4, -0.2) is 30.3 Å². The van der Waals surface area contributed by atoms with E-state index in [0.717, 1.165) is 17.7 Å². The van der Waals surface area contributed by atoms with Crippen molar-refractivity contribution in [2.24, 2.45) is 0 Å². The molecule has 2 N–H and O–H groups in total. The SMILES string of the molecule is CCNC(COc1ccccc1CC)C(=O)O. The lowest BCUT2D eigenvalue weighted by atomic mass is 10.1. The van der Waals surface area contributed by atoms with Crippen molar-refractivity contribution in [2.75, 3.05) is 13.2 Å². The summed E-state index contributed by atoms with van der Waals surface area (Å²) in [5, 5.41) is 11.8. The first-order chi connectivity index (χ1) is 8.19. The second-order valence-corrected chi connectivity index (χ2v) is 3.72. The Kier molecular flexibility index (Phi) is 5.49. The van der Waals surface area contributed by atoms with Crippen molar-refractivity contribution >= 4 is 5.97 Å². The molecule has 0 bridgehead atoms. The highest BCUT2D eigenvalue weighted by atomic mass is 16.5. The highest BCUT2D eigenvalue weighted by Gasteiger charge is 2.16. The quantitative estimate of drug-likeness (QED) is 0.757. The molecular weight excluding hydrogens is 218 g/mol. The monoisotopic (exact) mass is 237 g/mol. The molecule has 0 spiro atoms. The predicted molar refractivity (Wildman–Crippen MR) is 66.4 cm³/mol. The molecule has 4 nitrogen and oxygen atoms in total. The van der Waals surface area contributed by atoms with Gasteiger partial charge in [-0.2, -0.15) is 0 Å². The first kappa shape index (κ1) is 13.5. The smallest absolute Gasteiger partial charge is 0.324 e. The first-order valence-electron chi connectivity index (χ1n) is 5.85. The molecule has 4 heteroatoms. The fourth-order valence-electron chi connectivity index (χ4n) is 1.57. The number of nitrogens with one attached hydrogen (secondary N) is 1. The maximum Gasteiger partial charge on any atom is 0.324 e. The van der Waals surface area contributed by atoms with Crippen LogP contribution in [0.25, 0.3) is 0 Å². The van der Waals surface area contributed by atoms with E-state index in [1.54, 1.807) is 0 Å². The van der Waals surface area contributed by atoms with Crippen molar-refractivity contribution in [3.63, 3.8) is 0 Å². The van der Waals surface area contributed by atoms with Gasteiger partial charge in [-0.25, -0.2) is 0 Å². The molecule has 0 radical (unpaired) electrons. The van der Waals surface area contributed by atoms with Crippen LogP contribution < -0.4 is 10.1 Å². The van der Waals surface area contributed by atoms with Gasteiger partial charge in [0.2, 0.25) is 0 Å². The second kappa shape index (κ2) is 6.91. The van der Waals surface area contributed by atoms with Crippen molar-refractivity contribution in [2.45, 2.75) is 26.3 Å². The van der Waals surface area contributed by atoms with Gasteiger partial charge in [0.25, 0.3) is 0 Å². The van der Waals surface area contributed by atoms with E-state index in [9.17, 15) is 4.79 Å². The summed E-state index contributed by atoms with van der Waals surface area (Å²) in [5.41, 5.74) is 1.09. The number of carbonyl (C=O) groups is 1. The molecule has 0 aliphatic rings. The van der Waals surface area contributed by atoms with Crippen molar-refractivity contribution in [3.05, 3.63) is 29.8 Å². The third-order valence-corrected chi connectivity index (χ3v) is 2.51. The van der Waals surface area contributed by atoms with Gasteiger partial charge < -0.3 is 15.2 Å². The number of para-hydroxylation sites is 1. The predicted octanol–water partition coefficient (Wildman–Crippen LogP) is 1.69. The summed E-state index contributed by atoms with van der Waals surface area (Å²) in [6, 6.07) is 7.02. The molecule has 0 aliphatic heterocycles. The molecule has 0 aromatic heterocycles. The summed E-state index contributed by atoms with van der Waals surface area (Å²) < 4.78 is 5.56. The zero-order valence-electron chi connectivity index (χ0n) is 10.3. The van der Waals surface area contributed by atoms with Crippen LogP contribution in [0, 0.1) is 0 Å². The Morgan fingerprint density at radius 2 is 2.12 bits per heavy atom. The minimum atomic E-state index is -0.888. The zero-order valence-corrected chi connectivity index (χ0v) is 10.3. The standard InChI is InChI=1S/C13H19NO3/c1-3-10-7-5-6-8-12(10)17-9-11(13(15)16)14-4-2/h5-8,11,14H,3-4,9H2,1-2H3,(H,15,16). The second-order valence-electron chi connectivity index (χ2n) is 3.72. The highest BCUT2D eigenvalue weighted by Crippen LogP contribution is 2.18. The van der Waals surface area contributed by atoms with Crippen LogP contribution in [0.3, 0.4) is 0 Å². The third-order valence-electron chi connectivity index (χ3n) is 2.51. The van der Waals surface area contributed by atoms with E-state index in [0.29, 0.717) is 6.54 Å². The Morgan fingerprint density at radius 1 is 1.41 bits per heavy atom. The lowest BCUT2D eigenvalue weighted by Crippen LogP contribution is -2.41. The summed E-state index contributed by atoms with van der Waals surface area (Å²) in [7, 11) is 0. The number of aryl methyl sites for hydroxylation is 1. The van der Waals surface area contributed by atoms with Crippen molar-refractivity contribution in [3.8, 4) is 5.75 Å². The summed E-state index contributed by atoms with van der Waals surface area (Å²) in [6.07, 6.45) is 0.870. The van der Waals surface area contributed by atoms with Gasteiger partial charge >= 0.3 is 5.97 Å². The van der Waals surface area contributed by atoms with Gasteiger partial charge in [-0.15, -0.1) is 0 Å². The van der Waals surface area contributed by atoms with Crippen molar-refractivity contribution in [1.82, 2.24) is 5.32 Å². The largest absolute Gasteiger partial charge is 0.491 e. The van der Waals surface area contributed by atoms with Crippen LogP contribution in [-0.2, 0) is 11.2 Å². The molecule has 1 aromatic rings. The van der Waals surface area contributed by atoms with Gasteiger partial charge in [0.1, 0.15) is 18.4 Å². The number of carboxylic acid groups (broad SMARTS) is 1. The number of hydrogen-bond acceptors (Lipinski definition) is 3. The van der Waals surface area contributed by atoms with E-state index in [1.807, 2.05) is 38.1 Å². The minimum Gasteiger partial charge on any atom is -0.491 e. The number of rotatable bonds is 7. The van der Waals surface area contributed by atoms with Gasteiger partial charge in [0.05, 0.1) is 0 Å². The Labute approximate surface area is 102 Å². The number of ether oxygens (including phenoxy) is 1. The molecule has 0 saturated carbocycles. The molecule has 94 valence electrons. The molecule has 0 heterocycles. The highest BCUT2D eigenvalue weighted by molar-refractivity contribution is 5.73. The van der Waals surface area contributed by atoms with Gasteiger partial charge in [-0.05, 0) is 24.6 Å². The Bertz CT molecular complexity index is 365. The molecule has 1 atom stereocenters. The van der Waals surface area contributed by atoms with Crippen LogP contribution in [0.4, 0.5) is 0 Å². The number of benzene rings is 1. The Hall–Kier alpha value is -1.55. The molecule has 0 saturated heterocycles. The van der Waals surface area contributed by atoms with E-state index in [2.05, 4.69) is 5.32 Å². The zero-order chi connectivity index (χ0) is 12.7. The van der Waals surface area contributed by atoms with Crippen LogP contribution in [0.5, 0.6) is 5.75 Å². The van der Waals surface area contributed by atoms with Crippen molar-refractivity contribution in [1.29, 1.82) is 0 Å². The van der Waals surface area contributed by atoms with E-state index in [1.165, 1.54) is 0 Å². The number of carboxylic acids is 1. The van der Waals surface area contributed by atoms with Crippen LogP contribution in [0.15, 0.2) is 24.3 Å². The minimum absolute atomic E-state index is 0.139. The Morgan fingerprint density at radius 3 is 2.71 bits per heavy atom. The Balaban J connectivity index is 2.61. The normalized spacial score (nSPS) is 12.1. The molecule has 1 unspecified atom stereocenters. The lowest BCUT2D eigenvalue weighted by Gasteiger charge is -2.15. The molecule has 0 amide bonds.